The van der Waals surface area contributed by atoms with Gasteiger partial charge < -0.3 is 10.1 Å². The second-order valence-electron chi connectivity index (χ2n) is 6.36. The molecule has 3 unspecified atom stereocenters. The Labute approximate surface area is 124 Å². The molecule has 1 N–H and O–H groups in total. The Bertz CT molecular complexity index is 449. The topological polar surface area (TPSA) is 21.3 Å². The van der Waals surface area contributed by atoms with Crippen molar-refractivity contribution in [2.24, 2.45) is 11.8 Å². The van der Waals surface area contributed by atoms with E-state index in [0.29, 0.717) is 6.04 Å². The highest BCUT2D eigenvalue weighted by Gasteiger charge is 2.31. The molecule has 2 aliphatic carbocycles. The lowest BCUT2D eigenvalue weighted by Crippen LogP contribution is -2.34. The molecule has 1 aromatic rings. The molecule has 0 saturated heterocycles. The third-order valence-corrected chi connectivity index (χ3v) is 4.99. The van der Waals surface area contributed by atoms with Crippen molar-refractivity contribution in [3.63, 3.8) is 0 Å². The number of rotatable bonds is 4. The van der Waals surface area contributed by atoms with Crippen molar-refractivity contribution in [2.75, 3.05) is 5.32 Å². The average Bonchev–Trinajstić information content (AvgIpc) is 2.49. The van der Waals surface area contributed by atoms with Crippen molar-refractivity contribution < 1.29 is 13.5 Å². The molecule has 116 valence electrons. The number of alkyl halides is 2. The quantitative estimate of drug-likeness (QED) is 0.838. The van der Waals surface area contributed by atoms with E-state index in [1.54, 1.807) is 12.1 Å². The van der Waals surface area contributed by atoms with Crippen LogP contribution < -0.4 is 10.1 Å². The van der Waals surface area contributed by atoms with Crippen LogP contribution in [0.3, 0.4) is 0 Å². The first kappa shape index (κ1) is 14.6. The molecule has 0 aliphatic heterocycles. The monoisotopic (exact) mass is 295 g/mol. The zero-order valence-electron chi connectivity index (χ0n) is 12.2. The predicted molar refractivity (Wildman–Crippen MR) is 79.8 cm³/mol. The number of benzene rings is 1. The Hall–Kier alpha value is -1.32. The van der Waals surface area contributed by atoms with Gasteiger partial charge >= 0.3 is 6.61 Å². The van der Waals surface area contributed by atoms with Gasteiger partial charge in [0, 0.05) is 11.7 Å². The molecule has 2 nitrogen and oxygen atoms in total. The Morgan fingerprint density at radius 1 is 0.952 bits per heavy atom. The molecule has 2 aliphatic rings. The minimum absolute atomic E-state index is 0.214. The minimum Gasteiger partial charge on any atom is -0.435 e. The molecule has 3 atom stereocenters. The van der Waals surface area contributed by atoms with Crippen LogP contribution in [0.2, 0.25) is 0 Å². The number of anilines is 1. The summed E-state index contributed by atoms with van der Waals surface area (Å²) in [6, 6.07) is 7.36. The molecule has 0 aromatic heterocycles. The third kappa shape index (κ3) is 3.86. The number of hydrogen-bond donors (Lipinski definition) is 1. The lowest BCUT2D eigenvalue weighted by molar-refractivity contribution is -0.0498. The molecular formula is C17H23F2NO. The molecule has 1 aromatic carbocycles. The van der Waals surface area contributed by atoms with Gasteiger partial charge in [-0.05, 0) is 55.4 Å². The molecule has 4 heteroatoms. The highest BCUT2D eigenvalue weighted by molar-refractivity contribution is 5.47. The van der Waals surface area contributed by atoms with E-state index in [0.717, 1.165) is 17.5 Å². The third-order valence-electron chi connectivity index (χ3n) is 4.99. The summed E-state index contributed by atoms with van der Waals surface area (Å²) in [5.41, 5.74) is 0.996. The molecule has 0 heterocycles. The molecule has 0 spiro atoms. The minimum atomic E-state index is -2.76. The summed E-state index contributed by atoms with van der Waals surface area (Å²) < 4.78 is 28.6. The summed E-state index contributed by atoms with van der Waals surface area (Å²) in [6.07, 6.45) is 9.38. The maximum absolute atomic E-state index is 12.1. The Kier molecular flexibility index (Phi) is 4.61. The summed E-state index contributed by atoms with van der Waals surface area (Å²) in [7, 11) is 0. The van der Waals surface area contributed by atoms with E-state index in [9.17, 15) is 8.78 Å². The van der Waals surface area contributed by atoms with E-state index < -0.39 is 6.61 Å². The number of ether oxygens (including phenoxy) is 1. The van der Waals surface area contributed by atoms with E-state index in [1.165, 1.54) is 44.9 Å². The van der Waals surface area contributed by atoms with Crippen LogP contribution in [0.1, 0.15) is 44.9 Å². The summed E-state index contributed by atoms with van der Waals surface area (Å²) in [4.78, 5) is 0. The van der Waals surface area contributed by atoms with Crippen LogP contribution in [0.25, 0.3) is 0 Å². The van der Waals surface area contributed by atoms with Crippen LogP contribution >= 0.6 is 0 Å². The van der Waals surface area contributed by atoms with Crippen LogP contribution in [0.5, 0.6) is 5.75 Å². The zero-order chi connectivity index (χ0) is 14.7. The fraction of sp³-hybridized carbons (Fsp3) is 0.647. The summed E-state index contributed by atoms with van der Waals surface area (Å²) in [6.45, 7) is -2.76. The fourth-order valence-electron chi connectivity index (χ4n) is 3.97. The second-order valence-corrected chi connectivity index (χ2v) is 6.36. The van der Waals surface area contributed by atoms with Gasteiger partial charge in [-0.25, -0.2) is 0 Å². The second kappa shape index (κ2) is 6.63. The molecule has 0 amide bonds. The van der Waals surface area contributed by atoms with Crippen molar-refractivity contribution in [3.05, 3.63) is 24.3 Å². The molecule has 0 radical (unpaired) electrons. The Morgan fingerprint density at radius 2 is 1.67 bits per heavy atom. The standard InChI is InChI=1S/C17H23F2NO/c18-17(19)21-16-9-7-14(8-10-16)20-15-6-5-12-3-1-2-4-13(12)11-15/h7-10,12-13,15,17,20H,1-6,11H2. The van der Waals surface area contributed by atoms with Gasteiger partial charge in [0.25, 0.3) is 0 Å². The van der Waals surface area contributed by atoms with Gasteiger partial charge in [-0.1, -0.05) is 25.7 Å². The Morgan fingerprint density at radius 3 is 2.38 bits per heavy atom. The zero-order valence-corrected chi connectivity index (χ0v) is 12.2. The van der Waals surface area contributed by atoms with E-state index in [2.05, 4.69) is 10.1 Å². The summed E-state index contributed by atoms with van der Waals surface area (Å²) >= 11 is 0. The maximum atomic E-state index is 12.1. The van der Waals surface area contributed by atoms with Crippen molar-refractivity contribution >= 4 is 5.69 Å². The van der Waals surface area contributed by atoms with Crippen molar-refractivity contribution in [3.8, 4) is 5.75 Å². The van der Waals surface area contributed by atoms with Gasteiger partial charge in [0.2, 0.25) is 0 Å². The lowest BCUT2D eigenvalue weighted by atomic mass is 9.69. The van der Waals surface area contributed by atoms with Crippen LogP contribution in [0.15, 0.2) is 24.3 Å². The molecule has 0 bridgehead atoms. The molecular weight excluding hydrogens is 272 g/mol. The number of halogens is 2. The first-order valence-corrected chi connectivity index (χ1v) is 8.02. The van der Waals surface area contributed by atoms with Gasteiger partial charge in [-0.3, -0.25) is 0 Å². The van der Waals surface area contributed by atoms with E-state index in [1.807, 2.05) is 12.1 Å². The Balaban J connectivity index is 1.54. The normalized spacial score (nSPS) is 29.0. The van der Waals surface area contributed by atoms with Crippen molar-refractivity contribution in [1.82, 2.24) is 0 Å². The predicted octanol–water partition coefficient (Wildman–Crippen LogP) is 5.06. The smallest absolute Gasteiger partial charge is 0.387 e. The highest BCUT2D eigenvalue weighted by Crippen LogP contribution is 2.41. The van der Waals surface area contributed by atoms with Crippen LogP contribution in [-0.4, -0.2) is 12.7 Å². The first-order chi connectivity index (χ1) is 10.2. The fourth-order valence-corrected chi connectivity index (χ4v) is 3.97. The number of hydrogen-bond acceptors (Lipinski definition) is 2. The van der Waals surface area contributed by atoms with Crippen LogP contribution in [-0.2, 0) is 0 Å². The first-order valence-electron chi connectivity index (χ1n) is 8.02. The van der Waals surface area contributed by atoms with Crippen molar-refractivity contribution in [1.29, 1.82) is 0 Å². The maximum Gasteiger partial charge on any atom is 0.387 e. The SMILES string of the molecule is FC(F)Oc1ccc(NC2CCC3CCCCC3C2)cc1. The van der Waals surface area contributed by atoms with E-state index >= 15 is 0 Å². The van der Waals surface area contributed by atoms with Gasteiger partial charge in [0.05, 0.1) is 0 Å². The highest BCUT2D eigenvalue weighted by atomic mass is 19.3. The molecule has 21 heavy (non-hydrogen) atoms. The van der Waals surface area contributed by atoms with E-state index in [4.69, 9.17) is 0 Å². The number of fused-ring (bicyclic) bond motifs is 1. The van der Waals surface area contributed by atoms with Gasteiger partial charge in [-0.15, -0.1) is 0 Å². The van der Waals surface area contributed by atoms with Crippen LogP contribution in [0.4, 0.5) is 14.5 Å². The van der Waals surface area contributed by atoms with Gasteiger partial charge in [0.1, 0.15) is 5.75 Å². The average molecular weight is 295 g/mol. The largest absolute Gasteiger partial charge is 0.435 e. The van der Waals surface area contributed by atoms with E-state index in [-0.39, 0.29) is 5.75 Å². The number of nitrogens with one attached hydrogen (secondary N) is 1. The summed E-state index contributed by atoms with van der Waals surface area (Å²) in [5.74, 6) is 2.04. The van der Waals surface area contributed by atoms with Crippen molar-refractivity contribution in [2.45, 2.75) is 57.6 Å². The summed E-state index contributed by atoms with van der Waals surface area (Å²) in [5, 5.41) is 3.55. The molecule has 3 rings (SSSR count). The van der Waals surface area contributed by atoms with Gasteiger partial charge in [0.15, 0.2) is 0 Å². The van der Waals surface area contributed by atoms with Crippen LogP contribution in [0, 0.1) is 11.8 Å². The molecule has 2 saturated carbocycles. The van der Waals surface area contributed by atoms with Gasteiger partial charge in [-0.2, -0.15) is 8.78 Å². The lowest BCUT2D eigenvalue weighted by Gasteiger charge is -2.39. The molecule has 2 fully saturated rings.